The van der Waals surface area contributed by atoms with Gasteiger partial charge in [-0.1, -0.05) is 72.0 Å². The number of esters is 1. The van der Waals surface area contributed by atoms with Crippen LogP contribution in [0.5, 0.6) is 0 Å². The predicted octanol–water partition coefficient (Wildman–Crippen LogP) is 5.95. The summed E-state index contributed by atoms with van der Waals surface area (Å²) in [4.78, 5) is 32.3. The highest BCUT2D eigenvalue weighted by Crippen LogP contribution is 2.36. The van der Waals surface area contributed by atoms with Crippen LogP contribution in [-0.2, 0) is 20.8 Å². The van der Waals surface area contributed by atoms with Gasteiger partial charge in [0, 0.05) is 0 Å². The Labute approximate surface area is 204 Å². The molecule has 0 radical (unpaired) electrons. The first-order chi connectivity index (χ1) is 16.3. The quantitative estimate of drug-likeness (QED) is 0.277. The molecule has 0 atom stereocenters. The molecule has 0 aliphatic heterocycles. The van der Waals surface area contributed by atoms with Crippen LogP contribution in [0.2, 0.25) is 0 Å². The molecule has 3 aromatic rings. The molecule has 3 rings (SSSR count). The van der Waals surface area contributed by atoms with Crippen molar-refractivity contribution in [3.8, 4) is 10.4 Å². The summed E-state index contributed by atoms with van der Waals surface area (Å²) in [5, 5.41) is 0.347. The zero-order valence-electron chi connectivity index (χ0n) is 19.9. The largest absolute Gasteiger partial charge is 0.461 e. The lowest BCUT2D eigenvalue weighted by Crippen LogP contribution is -2.38. The van der Waals surface area contributed by atoms with Crippen LogP contribution in [0.3, 0.4) is 0 Å². The molecule has 1 aromatic heterocycles. The van der Waals surface area contributed by atoms with Gasteiger partial charge < -0.3 is 14.2 Å². The second kappa shape index (κ2) is 11.8. The smallest absolute Gasteiger partial charge is 0.416 e. The van der Waals surface area contributed by atoms with Crippen LogP contribution in [-0.4, -0.2) is 42.4 Å². The normalized spacial score (nSPS) is 11.2. The number of thiazole rings is 1. The number of benzene rings is 2. The van der Waals surface area contributed by atoms with Crippen LogP contribution in [0.1, 0.15) is 43.7 Å². The maximum absolute atomic E-state index is 13.1. The van der Waals surface area contributed by atoms with Crippen molar-refractivity contribution in [1.29, 1.82) is 0 Å². The molecule has 0 N–H and O–H groups in total. The first-order valence-electron chi connectivity index (χ1n) is 11.1. The molecular weight excluding hydrogens is 452 g/mol. The Kier molecular flexibility index (Phi) is 8.79. The van der Waals surface area contributed by atoms with Crippen molar-refractivity contribution in [1.82, 2.24) is 4.98 Å². The Morgan fingerprint density at radius 1 is 1.00 bits per heavy atom. The van der Waals surface area contributed by atoms with Gasteiger partial charge in [0.15, 0.2) is 10.8 Å². The van der Waals surface area contributed by atoms with Crippen molar-refractivity contribution in [3.63, 3.8) is 0 Å². The van der Waals surface area contributed by atoms with E-state index in [1.165, 1.54) is 16.2 Å². The second-order valence-corrected chi connectivity index (χ2v) is 9.41. The molecule has 0 aliphatic rings. The average Bonchev–Trinajstić information content (AvgIpc) is 3.24. The molecular formula is C26H30N2O5S. The first kappa shape index (κ1) is 25.4. The Morgan fingerprint density at radius 2 is 1.65 bits per heavy atom. The number of hydrogen-bond donors (Lipinski definition) is 0. The number of carbonyl (C=O) groups excluding carboxylic acids is 2. The standard InChI is InChI=1S/C26H30N2O5S/c1-5-32-23(29)21-22(20-14-10-7-11-15-20)34-24(27-21)28(25(30)33-26(2,3)4)16-17-31-18-19-12-8-6-9-13-19/h6-15H,5,16-18H2,1-4H3. The number of aromatic nitrogens is 1. The third-order valence-electron chi connectivity index (χ3n) is 4.54. The lowest BCUT2D eigenvalue weighted by molar-refractivity contribution is 0.0515. The summed E-state index contributed by atoms with van der Waals surface area (Å²) in [6.07, 6.45) is -0.556. The lowest BCUT2D eigenvalue weighted by atomic mass is 10.1. The summed E-state index contributed by atoms with van der Waals surface area (Å²) in [5.41, 5.74) is 1.34. The van der Waals surface area contributed by atoms with Crippen LogP contribution in [0.25, 0.3) is 10.4 Å². The van der Waals surface area contributed by atoms with Gasteiger partial charge in [0.2, 0.25) is 0 Å². The zero-order valence-corrected chi connectivity index (χ0v) is 20.8. The summed E-state index contributed by atoms with van der Waals surface area (Å²) < 4.78 is 16.6. The summed E-state index contributed by atoms with van der Waals surface area (Å²) in [6, 6.07) is 19.2. The number of rotatable bonds is 9. The van der Waals surface area contributed by atoms with E-state index >= 15 is 0 Å². The van der Waals surface area contributed by atoms with E-state index in [0.717, 1.165) is 11.1 Å². The third-order valence-corrected chi connectivity index (χ3v) is 5.66. The number of ether oxygens (including phenoxy) is 3. The minimum atomic E-state index is -0.691. The highest BCUT2D eigenvalue weighted by atomic mass is 32.1. The van der Waals surface area contributed by atoms with Gasteiger partial charge in [-0.05, 0) is 38.8 Å². The average molecular weight is 483 g/mol. The fraction of sp³-hybridized carbons (Fsp3) is 0.346. The summed E-state index contributed by atoms with van der Waals surface area (Å²) in [7, 11) is 0. The van der Waals surface area contributed by atoms with Crippen molar-refractivity contribution in [2.24, 2.45) is 0 Å². The molecule has 0 spiro atoms. The molecule has 7 nitrogen and oxygen atoms in total. The van der Waals surface area contributed by atoms with Crippen molar-refractivity contribution < 1.29 is 23.8 Å². The minimum absolute atomic E-state index is 0.173. The van der Waals surface area contributed by atoms with Gasteiger partial charge in [0.1, 0.15) is 5.60 Å². The van der Waals surface area contributed by atoms with Crippen LogP contribution in [0.15, 0.2) is 60.7 Å². The topological polar surface area (TPSA) is 78.0 Å². The van der Waals surface area contributed by atoms with Crippen molar-refractivity contribution >= 4 is 28.5 Å². The van der Waals surface area contributed by atoms with Crippen LogP contribution < -0.4 is 4.90 Å². The Hall–Kier alpha value is -3.23. The van der Waals surface area contributed by atoms with Crippen LogP contribution in [0.4, 0.5) is 9.93 Å². The van der Waals surface area contributed by atoms with E-state index < -0.39 is 17.7 Å². The second-order valence-electron chi connectivity index (χ2n) is 8.43. The van der Waals surface area contributed by atoms with E-state index in [-0.39, 0.29) is 25.5 Å². The van der Waals surface area contributed by atoms with Gasteiger partial charge in [-0.25, -0.2) is 14.6 Å². The summed E-state index contributed by atoms with van der Waals surface area (Å²) in [6.45, 7) is 8.27. The molecule has 1 heterocycles. The number of amides is 1. The molecule has 0 saturated heterocycles. The van der Waals surface area contributed by atoms with Crippen LogP contribution >= 0.6 is 11.3 Å². The van der Waals surface area contributed by atoms with Gasteiger partial charge in [0.25, 0.3) is 0 Å². The number of nitrogens with zero attached hydrogens (tertiary/aromatic N) is 2. The highest BCUT2D eigenvalue weighted by Gasteiger charge is 2.29. The number of anilines is 1. The van der Waals surface area contributed by atoms with E-state index in [0.29, 0.717) is 16.6 Å². The number of carbonyl (C=O) groups is 2. The van der Waals surface area contributed by atoms with Gasteiger partial charge in [-0.3, -0.25) is 4.90 Å². The molecule has 180 valence electrons. The van der Waals surface area contributed by atoms with E-state index in [4.69, 9.17) is 14.2 Å². The Bertz CT molecular complexity index is 1080. The fourth-order valence-electron chi connectivity index (χ4n) is 3.05. The minimum Gasteiger partial charge on any atom is -0.461 e. The highest BCUT2D eigenvalue weighted by molar-refractivity contribution is 7.19. The van der Waals surface area contributed by atoms with Gasteiger partial charge in [-0.2, -0.15) is 0 Å². The first-order valence-corrected chi connectivity index (χ1v) is 12.0. The lowest BCUT2D eigenvalue weighted by Gasteiger charge is -2.25. The van der Waals surface area contributed by atoms with Crippen molar-refractivity contribution in [2.45, 2.75) is 39.9 Å². The van der Waals surface area contributed by atoms with Gasteiger partial charge in [-0.15, -0.1) is 0 Å². The van der Waals surface area contributed by atoms with E-state index in [1.807, 2.05) is 60.7 Å². The molecule has 0 saturated carbocycles. The monoisotopic (exact) mass is 482 g/mol. The maximum atomic E-state index is 13.1. The molecule has 8 heteroatoms. The number of hydrogen-bond acceptors (Lipinski definition) is 7. The van der Waals surface area contributed by atoms with E-state index in [9.17, 15) is 9.59 Å². The molecule has 0 fully saturated rings. The molecule has 0 unspecified atom stereocenters. The molecule has 2 aromatic carbocycles. The van der Waals surface area contributed by atoms with Crippen LogP contribution in [0, 0.1) is 0 Å². The van der Waals surface area contributed by atoms with Crippen molar-refractivity contribution in [3.05, 3.63) is 71.9 Å². The predicted molar refractivity (Wildman–Crippen MR) is 133 cm³/mol. The Balaban J connectivity index is 1.87. The summed E-state index contributed by atoms with van der Waals surface area (Å²) in [5.74, 6) is -0.534. The van der Waals surface area contributed by atoms with E-state index in [1.54, 1.807) is 27.7 Å². The van der Waals surface area contributed by atoms with E-state index in [2.05, 4.69) is 4.98 Å². The summed E-state index contributed by atoms with van der Waals surface area (Å²) >= 11 is 1.24. The maximum Gasteiger partial charge on any atom is 0.416 e. The fourth-order valence-corrected chi connectivity index (χ4v) is 4.12. The third kappa shape index (κ3) is 7.13. The molecule has 34 heavy (non-hydrogen) atoms. The Morgan fingerprint density at radius 3 is 2.26 bits per heavy atom. The van der Waals surface area contributed by atoms with Gasteiger partial charge >= 0.3 is 12.1 Å². The van der Waals surface area contributed by atoms with Gasteiger partial charge in [0.05, 0.1) is 31.2 Å². The molecule has 0 aliphatic carbocycles. The molecule has 1 amide bonds. The van der Waals surface area contributed by atoms with Crippen molar-refractivity contribution in [2.75, 3.05) is 24.7 Å². The SMILES string of the molecule is CCOC(=O)c1nc(N(CCOCc2ccccc2)C(=O)OC(C)(C)C)sc1-c1ccccc1. The molecule has 0 bridgehead atoms. The zero-order chi connectivity index (χ0) is 24.6.